The van der Waals surface area contributed by atoms with Crippen LogP contribution in [0.1, 0.15) is 36.6 Å². The van der Waals surface area contributed by atoms with Crippen LogP contribution in [-0.2, 0) is 0 Å². The molecule has 0 aliphatic heterocycles. The molecule has 2 fully saturated rings. The van der Waals surface area contributed by atoms with Gasteiger partial charge < -0.3 is 0 Å². The fourth-order valence-electron chi connectivity index (χ4n) is 4.22. The van der Waals surface area contributed by atoms with Crippen LogP contribution in [0.15, 0.2) is 40.9 Å². The molecule has 0 N–H and O–H groups in total. The molecule has 0 nitrogen and oxygen atoms in total. The van der Waals surface area contributed by atoms with Crippen molar-refractivity contribution in [1.29, 1.82) is 0 Å². The van der Waals surface area contributed by atoms with E-state index in [1.54, 1.807) is 0 Å². The molecule has 0 bridgehead atoms. The first kappa shape index (κ1) is 13.2. The van der Waals surface area contributed by atoms with Crippen molar-refractivity contribution in [1.82, 2.24) is 0 Å². The van der Waals surface area contributed by atoms with Crippen molar-refractivity contribution in [2.75, 3.05) is 0 Å². The van der Waals surface area contributed by atoms with E-state index in [-0.39, 0.29) is 5.38 Å². The number of alkyl halides is 1. The summed E-state index contributed by atoms with van der Waals surface area (Å²) in [5.41, 5.74) is 1.32. The summed E-state index contributed by atoms with van der Waals surface area (Å²) in [5, 5.41) is 2.77. The van der Waals surface area contributed by atoms with Crippen LogP contribution in [0.25, 0.3) is 10.8 Å². The topological polar surface area (TPSA) is 0 Å². The van der Waals surface area contributed by atoms with Crippen LogP contribution in [0.5, 0.6) is 0 Å². The van der Waals surface area contributed by atoms with E-state index in [9.17, 15) is 0 Å². The Labute approximate surface area is 133 Å². The Morgan fingerprint density at radius 2 is 1.60 bits per heavy atom. The predicted octanol–water partition coefficient (Wildman–Crippen LogP) is 6.32. The molecule has 0 heterocycles. The fourth-order valence-corrected chi connectivity index (χ4v) is 5.26. The number of benzene rings is 2. The molecule has 2 saturated carbocycles. The first-order valence-corrected chi connectivity index (χ1v) is 8.81. The fraction of sp³-hybridized carbons (Fsp3) is 0.444. The van der Waals surface area contributed by atoms with E-state index in [0.717, 1.165) is 16.3 Å². The highest BCUT2D eigenvalue weighted by Crippen LogP contribution is 2.62. The van der Waals surface area contributed by atoms with Gasteiger partial charge in [-0.3, -0.25) is 0 Å². The van der Waals surface area contributed by atoms with Crippen molar-refractivity contribution in [3.05, 3.63) is 46.4 Å². The zero-order valence-electron chi connectivity index (χ0n) is 11.4. The van der Waals surface area contributed by atoms with Crippen molar-refractivity contribution in [3.8, 4) is 0 Å². The lowest BCUT2D eigenvalue weighted by Crippen LogP contribution is -1.97. The third-order valence-corrected chi connectivity index (χ3v) is 6.48. The van der Waals surface area contributed by atoms with E-state index in [0.29, 0.717) is 5.92 Å². The van der Waals surface area contributed by atoms with E-state index in [4.69, 9.17) is 11.6 Å². The smallest absolute Gasteiger partial charge is 0.0624 e. The SMILES string of the molecule is ClC(c1ccc(Br)c2ccccc12)C1C2CCCCC21. The largest absolute Gasteiger partial charge is 0.117 e. The van der Waals surface area contributed by atoms with Gasteiger partial charge in [-0.2, -0.15) is 0 Å². The molecule has 2 heteroatoms. The minimum atomic E-state index is 0.182. The first-order valence-electron chi connectivity index (χ1n) is 7.58. The summed E-state index contributed by atoms with van der Waals surface area (Å²) in [7, 11) is 0. The van der Waals surface area contributed by atoms with E-state index >= 15 is 0 Å². The zero-order chi connectivity index (χ0) is 13.7. The second-order valence-corrected chi connectivity index (χ2v) is 7.60. The minimum Gasteiger partial charge on any atom is -0.117 e. The van der Waals surface area contributed by atoms with Crippen molar-refractivity contribution in [2.24, 2.45) is 17.8 Å². The summed E-state index contributed by atoms with van der Waals surface area (Å²) in [6.07, 6.45) is 5.60. The Hall–Kier alpha value is -0.530. The Balaban J connectivity index is 1.73. The molecule has 3 atom stereocenters. The van der Waals surface area contributed by atoms with Crippen molar-refractivity contribution >= 4 is 38.3 Å². The van der Waals surface area contributed by atoms with Crippen LogP contribution >= 0.6 is 27.5 Å². The monoisotopic (exact) mass is 348 g/mol. The van der Waals surface area contributed by atoms with Gasteiger partial charge >= 0.3 is 0 Å². The van der Waals surface area contributed by atoms with Gasteiger partial charge in [-0.25, -0.2) is 0 Å². The Morgan fingerprint density at radius 1 is 0.950 bits per heavy atom. The standard InChI is InChI=1S/C18H18BrCl/c19-16-10-9-15(11-5-1-2-6-12(11)16)18(20)17-13-7-3-4-8-14(13)17/h1-2,5-6,9-10,13-14,17-18H,3-4,7-8H2. The second-order valence-electron chi connectivity index (χ2n) is 6.27. The summed E-state index contributed by atoms with van der Waals surface area (Å²) in [5.74, 6) is 2.51. The Kier molecular flexibility index (Phi) is 3.31. The van der Waals surface area contributed by atoms with Crippen LogP contribution < -0.4 is 0 Å². The second kappa shape index (κ2) is 5.03. The number of halogens is 2. The van der Waals surface area contributed by atoms with Gasteiger partial charge in [-0.05, 0) is 53.0 Å². The average Bonchev–Trinajstić information content (AvgIpc) is 3.22. The third-order valence-electron chi connectivity index (χ3n) is 5.26. The van der Waals surface area contributed by atoms with Crippen LogP contribution in [0.3, 0.4) is 0 Å². The summed E-state index contributed by atoms with van der Waals surface area (Å²) in [4.78, 5) is 0. The summed E-state index contributed by atoms with van der Waals surface area (Å²) in [6, 6.07) is 13.0. The zero-order valence-corrected chi connectivity index (χ0v) is 13.7. The van der Waals surface area contributed by atoms with Gasteiger partial charge in [-0.15, -0.1) is 11.6 Å². The maximum Gasteiger partial charge on any atom is 0.0624 e. The van der Waals surface area contributed by atoms with Gasteiger partial charge in [0, 0.05) is 4.47 Å². The van der Waals surface area contributed by atoms with E-state index in [1.807, 2.05) is 0 Å². The Bertz CT molecular complexity index is 639. The molecule has 20 heavy (non-hydrogen) atoms. The highest BCUT2D eigenvalue weighted by molar-refractivity contribution is 9.10. The maximum absolute atomic E-state index is 6.89. The van der Waals surface area contributed by atoms with Crippen LogP contribution in [0.2, 0.25) is 0 Å². The van der Waals surface area contributed by atoms with Gasteiger partial charge in [0.15, 0.2) is 0 Å². The van der Waals surface area contributed by atoms with Crippen molar-refractivity contribution < 1.29 is 0 Å². The number of hydrogen-bond donors (Lipinski definition) is 0. The molecule has 3 unspecified atom stereocenters. The molecule has 2 aliphatic carbocycles. The van der Waals surface area contributed by atoms with E-state index < -0.39 is 0 Å². The number of rotatable bonds is 2. The molecule has 0 aromatic heterocycles. The van der Waals surface area contributed by atoms with Crippen LogP contribution in [-0.4, -0.2) is 0 Å². The molecular formula is C18H18BrCl. The van der Waals surface area contributed by atoms with Crippen molar-refractivity contribution in [3.63, 3.8) is 0 Å². The molecule has 2 aromatic rings. The lowest BCUT2D eigenvalue weighted by atomic mass is 9.98. The molecule has 0 saturated heterocycles. The number of hydrogen-bond acceptors (Lipinski definition) is 0. The molecule has 104 valence electrons. The van der Waals surface area contributed by atoms with Crippen LogP contribution in [0, 0.1) is 17.8 Å². The summed E-state index contributed by atoms with van der Waals surface area (Å²) >= 11 is 10.5. The lowest BCUT2D eigenvalue weighted by molar-refractivity contribution is 0.480. The average molecular weight is 350 g/mol. The van der Waals surface area contributed by atoms with Gasteiger partial charge in [-0.1, -0.05) is 59.1 Å². The van der Waals surface area contributed by atoms with Gasteiger partial charge in [0.1, 0.15) is 0 Å². The first-order chi connectivity index (χ1) is 9.77. The van der Waals surface area contributed by atoms with Gasteiger partial charge in [0.25, 0.3) is 0 Å². The van der Waals surface area contributed by atoms with Crippen LogP contribution in [0.4, 0.5) is 0 Å². The normalized spacial score (nSPS) is 30.0. The number of fused-ring (bicyclic) bond motifs is 2. The molecule has 2 aromatic carbocycles. The quantitative estimate of drug-likeness (QED) is 0.557. The Morgan fingerprint density at radius 3 is 2.30 bits per heavy atom. The molecule has 0 spiro atoms. The molecule has 0 amide bonds. The van der Waals surface area contributed by atoms with E-state index in [2.05, 4.69) is 52.3 Å². The summed E-state index contributed by atoms with van der Waals surface area (Å²) in [6.45, 7) is 0. The lowest BCUT2D eigenvalue weighted by Gasteiger charge is -2.14. The van der Waals surface area contributed by atoms with Gasteiger partial charge in [0.05, 0.1) is 5.38 Å². The molecule has 0 radical (unpaired) electrons. The highest BCUT2D eigenvalue weighted by Gasteiger charge is 2.54. The molecule has 4 rings (SSSR count). The highest BCUT2D eigenvalue weighted by atomic mass is 79.9. The van der Waals surface area contributed by atoms with E-state index in [1.165, 1.54) is 42.0 Å². The van der Waals surface area contributed by atoms with Gasteiger partial charge in [0.2, 0.25) is 0 Å². The molecule has 2 aliphatic rings. The minimum absolute atomic E-state index is 0.182. The maximum atomic E-state index is 6.89. The summed E-state index contributed by atoms with van der Waals surface area (Å²) < 4.78 is 1.16. The third kappa shape index (κ3) is 2.02. The molecular weight excluding hydrogens is 332 g/mol. The van der Waals surface area contributed by atoms with Crippen molar-refractivity contribution in [2.45, 2.75) is 31.1 Å². The predicted molar refractivity (Wildman–Crippen MR) is 89.2 cm³/mol.